The third-order valence-corrected chi connectivity index (χ3v) is 4.05. The number of nitrogens with two attached hydrogens (primary N) is 1. The molecule has 5 heteroatoms. The summed E-state index contributed by atoms with van der Waals surface area (Å²) in [6, 6.07) is 0.315. The first-order valence-corrected chi connectivity index (χ1v) is 6.43. The van der Waals surface area contributed by atoms with Crippen LogP contribution < -0.4 is 5.73 Å². The zero-order valence-electron chi connectivity index (χ0n) is 9.64. The van der Waals surface area contributed by atoms with Crippen molar-refractivity contribution < 1.29 is 4.79 Å². The predicted octanol–water partition coefficient (Wildman–Crippen LogP) is 1.47. The number of hydrogen-bond donors (Lipinski definition) is 1. The van der Waals surface area contributed by atoms with Crippen LogP contribution in [-0.2, 0) is 6.54 Å². The van der Waals surface area contributed by atoms with Gasteiger partial charge in [-0.3, -0.25) is 4.79 Å². The number of aromatic nitrogens is 1. The molecule has 0 radical (unpaired) electrons. The molecule has 88 valence electrons. The summed E-state index contributed by atoms with van der Waals surface area (Å²) >= 11 is 1.45. The van der Waals surface area contributed by atoms with Crippen LogP contribution in [0.5, 0.6) is 0 Å². The Morgan fingerprint density at radius 1 is 1.75 bits per heavy atom. The van der Waals surface area contributed by atoms with Crippen LogP contribution in [0, 0.1) is 5.92 Å². The summed E-state index contributed by atoms with van der Waals surface area (Å²) in [6.45, 7) is 2.51. The van der Waals surface area contributed by atoms with Gasteiger partial charge in [0.25, 0.3) is 5.91 Å². The number of hydrogen-bond acceptors (Lipinski definition) is 4. The minimum Gasteiger partial charge on any atom is -0.337 e. The van der Waals surface area contributed by atoms with E-state index in [0.29, 0.717) is 24.2 Å². The average Bonchev–Trinajstić information content (AvgIpc) is 3.04. The zero-order chi connectivity index (χ0) is 11.7. The summed E-state index contributed by atoms with van der Waals surface area (Å²) in [5.74, 6) is 0.692. The maximum Gasteiger partial charge on any atom is 0.273 e. The molecule has 1 fully saturated rings. The zero-order valence-corrected chi connectivity index (χ0v) is 10.5. The lowest BCUT2D eigenvalue weighted by atomic mass is 10.2. The number of amides is 1. The van der Waals surface area contributed by atoms with Gasteiger partial charge in [0.05, 0.1) is 0 Å². The van der Waals surface area contributed by atoms with Gasteiger partial charge in [0.15, 0.2) is 0 Å². The van der Waals surface area contributed by atoms with E-state index in [2.05, 4.69) is 11.9 Å². The van der Waals surface area contributed by atoms with Crippen LogP contribution in [0.15, 0.2) is 5.38 Å². The van der Waals surface area contributed by atoms with E-state index in [1.807, 2.05) is 7.05 Å². The molecule has 1 atom stereocenters. The summed E-state index contributed by atoms with van der Waals surface area (Å²) in [7, 11) is 1.85. The van der Waals surface area contributed by atoms with Crippen LogP contribution in [0.4, 0.5) is 0 Å². The smallest absolute Gasteiger partial charge is 0.273 e. The molecular formula is C11H17N3OS. The Labute approximate surface area is 99.5 Å². The van der Waals surface area contributed by atoms with Crippen molar-refractivity contribution in [1.29, 1.82) is 0 Å². The van der Waals surface area contributed by atoms with Gasteiger partial charge < -0.3 is 10.6 Å². The van der Waals surface area contributed by atoms with Gasteiger partial charge in [0, 0.05) is 25.0 Å². The minimum atomic E-state index is 0.00958. The molecule has 1 unspecified atom stereocenters. The maximum atomic E-state index is 12.1. The highest BCUT2D eigenvalue weighted by molar-refractivity contribution is 7.09. The van der Waals surface area contributed by atoms with Crippen LogP contribution in [0.1, 0.15) is 35.3 Å². The molecule has 1 amide bonds. The molecule has 1 aliphatic rings. The van der Waals surface area contributed by atoms with Gasteiger partial charge in [-0.2, -0.15) is 0 Å². The van der Waals surface area contributed by atoms with E-state index in [0.717, 1.165) is 5.01 Å². The summed E-state index contributed by atoms with van der Waals surface area (Å²) in [6.07, 6.45) is 2.48. The van der Waals surface area contributed by atoms with Gasteiger partial charge >= 0.3 is 0 Å². The molecule has 0 bridgehead atoms. The van der Waals surface area contributed by atoms with Gasteiger partial charge in [-0.05, 0) is 25.7 Å². The quantitative estimate of drug-likeness (QED) is 0.865. The molecule has 0 aromatic carbocycles. The van der Waals surface area contributed by atoms with Crippen molar-refractivity contribution in [3.8, 4) is 0 Å². The Hall–Kier alpha value is -0.940. The van der Waals surface area contributed by atoms with Crippen LogP contribution in [-0.4, -0.2) is 28.9 Å². The molecule has 1 aromatic heterocycles. The van der Waals surface area contributed by atoms with Crippen molar-refractivity contribution >= 4 is 17.2 Å². The highest BCUT2D eigenvalue weighted by Crippen LogP contribution is 2.35. The van der Waals surface area contributed by atoms with Crippen LogP contribution in [0.2, 0.25) is 0 Å². The van der Waals surface area contributed by atoms with Crippen molar-refractivity contribution in [1.82, 2.24) is 9.88 Å². The molecule has 0 spiro atoms. The molecule has 0 aliphatic heterocycles. The summed E-state index contributed by atoms with van der Waals surface area (Å²) in [4.78, 5) is 18.1. The van der Waals surface area contributed by atoms with Crippen molar-refractivity contribution in [3.05, 3.63) is 16.1 Å². The fraction of sp³-hybridized carbons (Fsp3) is 0.636. The van der Waals surface area contributed by atoms with Crippen LogP contribution in [0.3, 0.4) is 0 Å². The van der Waals surface area contributed by atoms with E-state index in [-0.39, 0.29) is 5.91 Å². The molecule has 1 aliphatic carbocycles. The Morgan fingerprint density at radius 3 is 2.94 bits per heavy atom. The van der Waals surface area contributed by atoms with Gasteiger partial charge in [0.1, 0.15) is 10.7 Å². The second kappa shape index (κ2) is 4.51. The fourth-order valence-electron chi connectivity index (χ4n) is 1.76. The number of rotatable bonds is 4. The monoisotopic (exact) mass is 239 g/mol. The number of carbonyl (C=O) groups excluding carboxylic acids is 1. The Morgan fingerprint density at radius 2 is 2.44 bits per heavy atom. The molecule has 1 saturated carbocycles. The van der Waals surface area contributed by atoms with Crippen molar-refractivity contribution in [3.63, 3.8) is 0 Å². The van der Waals surface area contributed by atoms with Gasteiger partial charge in [-0.1, -0.05) is 0 Å². The second-order valence-corrected chi connectivity index (χ2v) is 5.27. The third-order valence-electron chi connectivity index (χ3n) is 3.18. The number of nitrogens with zero attached hydrogens (tertiary/aromatic N) is 2. The highest BCUT2D eigenvalue weighted by atomic mass is 32.1. The molecule has 0 saturated heterocycles. The molecule has 1 heterocycles. The lowest BCUT2D eigenvalue weighted by molar-refractivity contribution is 0.0722. The summed E-state index contributed by atoms with van der Waals surface area (Å²) in [5, 5.41) is 2.61. The Balaban J connectivity index is 2.05. The SMILES string of the molecule is CC(C1CC1)N(C)C(=O)c1csc(CN)n1. The van der Waals surface area contributed by atoms with Crippen molar-refractivity contribution in [2.24, 2.45) is 11.7 Å². The normalized spacial score (nSPS) is 17.2. The van der Waals surface area contributed by atoms with E-state index in [1.165, 1.54) is 24.2 Å². The fourth-order valence-corrected chi connectivity index (χ4v) is 2.41. The first-order chi connectivity index (χ1) is 7.63. The van der Waals surface area contributed by atoms with Crippen LogP contribution in [0.25, 0.3) is 0 Å². The van der Waals surface area contributed by atoms with E-state index >= 15 is 0 Å². The molecule has 4 nitrogen and oxygen atoms in total. The summed E-state index contributed by atoms with van der Waals surface area (Å²) in [5.41, 5.74) is 6.01. The maximum absolute atomic E-state index is 12.1. The standard InChI is InChI=1S/C11H17N3OS/c1-7(8-3-4-8)14(2)11(15)9-6-16-10(5-12)13-9/h6-8H,3-5,12H2,1-2H3. The van der Waals surface area contributed by atoms with E-state index in [4.69, 9.17) is 5.73 Å². The second-order valence-electron chi connectivity index (χ2n) is 4.32. The lowest BCUT2D eigenvalue weighted by Crippen LogP contribution is -2.36. The lowest BCUT2D eigenvalue weighted by Gasteiger charge is -2.23. The Bertz CT molecular complexity index is 386. The first kappa shape index (κ1) is 11.5. The highest BCUT2D eigenvalue weighted by Gasteiger charge is 2.33. The van der Waals surface area contributed by atoms with Crippen molar-refractivity contribution in [2.45, 2.75) is 32.4 Å². The third kappa shape index (κ3) is 2.25. The average molecular weight is 239 g/mol. The van der Waals surface area contributed by atoms with E-state index in [9.17, 15) is 4.79 Å². The predicted molar refractivity (Wildman–Crippen MR) is 64.3 cm³/mol. The molecular weight excluding hydrogens is 222 g/mol. The topological polar surface area (TPSA) is 59.2 Å². The first-order valence-electron chi connectivity index (χ1n) is 5.55. The van der Waals surface area contributed by atoms with E-state index < -0.39 is 0 Å². The number of thiazole rings is 1. The van der Waals surface area contributed by atoms with E-state index in [1.54, 1.807) is 10.3 Å². The Kier molecular flexibility index (Phi) is 3.25. The van der Waals surface area contributed by atoms with Crippen LogP contribution >= 0.6 is 11.3 Å². The molecule has 2 rings (SSSR count). The molecule has 16 heavy (non-hydrogen) atoms. The summed E-state index contributed by atoms with van der Waals surface area (Å²) < 4.78 is 0. The van der Waals surface area contributed by atoms with Crippen molar-refractivity contribution in [2.75, 3.05) is 7.05 Å². The number of carbonyl (C=O) groups is 1. The minimum absolute atomic E-state index is 0.00958. The van der Waals surface area contributed by atoms with Gasteiger partial charge in [-0.15, -0.1) is 11.3 Å². The molecule has 2 N–H and O–H groups in total. The van der Waals surface area contributed by atoms with Gasteiger partial charge in [0.2, 0.25) is 0 Å². The molecule has 1 aromatic rings. The largest absolute Gasteiger partial charge is 0.337 e. The van der Waals surface area contributed by atoms with Gasteiger partial charge in [-0.25, -0.2) is 4.98 Å².